The molecule has 0 aromatic heterocycles. The first-order valence-electron chi connectivity index (χ1n) is 6.88. The zero-order valence-electron chi connectivity index (χ0n) is 12.1. The third kappa shape index (κ3) is 2.45. The van der Waals surface area contributed by atoms with Gasteiger partial charge in [-0.15, -0.1) is 0 Å². The molecule has 0 atom stereocenters. The van der Waals surface area contributed by atoms with Crippen molar-refractivity contribution < 1.29 is 9.59 Å². The molecular weight excluding hydrogens is 276 g/mol. The van der Waals surface area contributed by atoms with E-state index in [1.54, 1.807) is 11.0 Å². The fourth-order valence-corrected chi connectivity index (χ4v) is 2.80. The van der Waals surface area contributed by atoms with Crippen LogP contribution in [0.5, 0.6) is 0 Å². The number of carbonyl (C=O) groups is 2. The number of amides is 1. The highest BCUT2D eigenvalue weighted by Crippen LogP contribution is 2.36. The standard InChI is InChI=1S/C15H19ClN2O2/c1-4-17(5-2)8-9-18-13-10(3)6-7-11(16)12(13)14(19)15(18)20/h6-7H,4-5,8-9H2,1-3H3. The lowest BCUT2D eigenvalue weighted by Gasteiger charge is -2.23. The van der Waals surface area contributed by atoms with Crippen LogP contribution >= 0.6 is 11.6 Å². The van der Waals surface area contributed by atoms with Gasteiger partial charge in [-0.25, -0.2) is 0 Å². The number of carbonyl (C=O) groups excluding carboxylic acids is 2. The van der Waals surface area contributed by atoms with Gasteiger partial charge < -0.3 is 9.80 Å². The minimum absolute atomic E-state index is 0.356. The Labute approximate surface area is 124 Å². The number of hydrogen-bond acceptors (Lipinski definition) is 3. The molecule has 0 unspecified atom stereocenters. The quantitative estimate of drug-likeness (QED) is 0.784. The molecule has 1 aliphatic rings. The maximum Gasteiger partial charge on any atom is 0.299 e. The molecule has 0 bridgehead atoms. The van der Waals surface area contributed by atoms with E-state index in [0.29, 0.717) is 22.8 Å². The minimum Gasteiger partial charge on any atom is -0.303 e. The molecular formula is C15H19ClN2O2. The molecule has 108 valence electrons. The van der Waals surface area contributed by atoms with E-state index in [-0.39, 0.29) is 0 Å². The van der Waals surface area contributed by atoms with Crippen molar-refractivity contribution in [1.29, 1.82) is 0 Å². The van der Waals surface area contributed by atoms with Crippen LogP contribution in [0.25, 0.3) is 0 Å². The Kier molecular flexibility index (Phi) is 4.45. The lowest BCUT2D eigenvalue weighted by Crippen LogP contribution is -2.38. The summed E-state index contributed by atoms with van der Waals surface area (Å²) in [6.45, 7) is 9.16. The van der Waals surface area contributed by atoms with Gasteiger partial charge in [0.15, 0.2) is 0 Å². The molecule has 0 aliphatic carbocycles. The van der Waals surface area contributed by atoms with E-state index in [4.69, 9.17) is 11.6 Å². The number of fused-ring (bicyclic) bond motifs is 1. The molecule has 5 heteroatoms. The van der Waals surface area contributed by atoms with Crippen LogP contribution in [0.3, 0.4) is 0 Å². The summed E-state index contributed by atoms with van der Waals surface area (Å²) in [6.07, 6.45) is 0. The van der Waals surface area contributed by atoms with Crippen molar-refractivity contribution in [2.45, 2.75) is 20.8 Å². The number of rotatable bonds is 5. The summed E-state index contributed by atoms with van der Waals surface area (Å²) in [6, 6.07) is 3.52. The zero-order valence-corrected chi connectivity index (χ0v) is 12.8. The molecule has 1 heterocycles. The zero-order chi connectivity index (χ0) is 14.9. The summed E-state index contributed by atoms with van der Waals surface area (Å²) < 4.78 is 0. The summed E-state index contributed by atoms with van der Waals surface area (Å²) in [7, 11) is 0. The summed E-state index contributed by atoms with van der Waals surface area (Å²) in [5, 5.41) is 0.356. The highest BCUT2D eigenvalue weighted by atomic mass is 35.5. The number of Topliss-reactive ketones (excluding diaryl/α,β-unsaturated/α-hetero) is 1. The second-order valence-electron chi connectivity index (χ2n) is 4.90. The van der Waals surface area contributed by atoms with Gasteiger partial charge in [-0.1, -0.05) is 31.5 Å². The summed E-state index contributed by atoms with van der Waals surface area (Å²) >= 11 is 6.07. The van der Waals surface area contributed by atoms with Gasteiger partial charge in [-0.3, -0.25) is 9.59 Å². The van der Waals surface area contributed by atoms with E-state index in [9.17, 15) is 9.59 Å². The van der Waals surface area contributed by atoms with E-state index in [2.05, 4.69) is 18.7 Å². The van der Waals surface area contributed by atoms with Crippen LogP contribution in [0, 0.1) is 6.92 Å². The van der Waals surface area contributed by atoms with E-state index in [1.807, 2.05) is 13.0 Å². The van der Waals surface area contributed by atoms with Crippen molar-refractivity contribution in [2.75, 3.05) is 31.1 Å². The number of anilines is 1. The largest absolute Gasteiger partial charge is 0.303 e. The number of nitrogens with zero attached hydrogens (tertiary/aromatic N) is 2. The summed E-state index contributed by atoms with van der Waals surface area (Å²) in [4.78, 5) is 28.0. The average Bonchev–Trinajstić information content (AvgIpc) is 2.70. The third-order valence-corrected chi connectivity index (χ3v) is 4.11. The normalized spacial score (nSPS) is 14.3. The van der Waals surface area contributed by atoms with E-state index in [0.717, 1.165) is 25.2 Å². The first kappa shape index (κ1) is 15.0. The topological polar surface area (TPSA) is 40.6 Å². The van der Waals surface area contributed by atoms with Crippen LogP contribution in [0.15, 0.2) is 12.1 Å². The van der Waals surface area contributed by atoms with Crippen LogP contribution in [0.4, 0.5) is 5.69 Å². The molecule has 1 aromatic rings. The van der Waals surface area contributed by atoms with Gasteiger partial charge in [0.05, 0.1) is 16.3 Å². The van der Waals surface area contributed by atoms with Crippen molar-refractivity contribution in [3.63, 3.8) is 0 Å². The Morgan fingerprint density at radius 1 is 1.20 bits per heavy atom. The molecule has 20 heavy (non-hydrogen) atoms. The second-order valence-corrected chi connectivity index (χ2v) is 5.31. The molecule has 1 amide bonds. The molecule has 1 aliphatic heterocycles. The fourth-order valence-electron chi connectivity index (χ4n) is 2.56. The molecule has 0 N–H and O–H groups in total. The second kappa shape index (κ2) is 5.94. The van der Waals surface area contributed by atoms with Gasteiger partial charge in [0, 0.05) is 13.1 Å². The SMILES string of the molecule is CCN(CC)CCN1C(=O)C(=O)c2c(Cl)ccc(C)c21. The molecule has 4 nitrogen and oxygen atoms in total. The summed E-state index contributed by atoms with van der Waals surface area (Å²) in [5.41, 5.74) is 1.94. The van der Waals surface area contributed by atoms with E-state index in [1.165, 1.54) is 0 Å². The lowest BCUT2D eigenvalue weighted by atomic mass is 10.1. The fraction of sp³-hybridized carbons (Fsp3) is 0.467. The summed E-state index contributed by atoms with van der Waals surface area (Å²) in [5.74, 6) is -0.961. The van der Waals surface area contributed by atoms with Crippen molar-refractivity contribution in [3.05, 3.63) is 28.3 Å². The van der Waals surface area contributed by atoms with Crippen molar-refractivity contribution in [2.24, 2.45) is 0 Å². The van der Waals surface area contributed by atoms with E-state index < -0.39 is 11.7 Å². The van der Waals surface area contributed by atoms with Gasteiger partial charge in [0.25, 0.3) is 11.7 Å². The molecule has 0 saturated carbocycles. The van der Waals surface area contributed by atoms with Gasteiger partial charge in [-0.2, -0.15) is 0 Å². The number of benzene rings is 1. The lowest BCUT2D eigenvalue weighted by molar-refractivity contribution is -0.114. The molecule has 0 saturated heterocycles. The number of ketones is 1. The predicted molar refractivity (Wildman–Crippen MR) is 80.7 cm³/mol. The molecule has 0 radical (unpaired) electrons. The van der Waals surface area contributed by atoms with Gasteiger partial charge >= 0.3 is 0 Å². The molecule has 0 spiro atoms. The Morgan fingerprint density at radius 3 is 2.45 bits per heavy atom. The van der Waals surface area contributed by atoms with Gasteiger partial charge in [0.2, 0.25) is 0 Å². The van der Waals surface area contributed by atoms with Crippen molar-refractivity contribution in [1.82, 2.24) is 4.90 Å². The maximum atomic E-state index is 12.2. The predicted octanol–water partition coefficient (Wildman–Crippen LogP) is 2.52. The van der Waals surface area contributed by atoms with E-state index >= 15 is 0 Å². The first-order chi connectivity index (χ1) is 9.51. The Balaban J connectivity index is 2.31. The maximum absolute atomic E-state index is 12.2. The third-order valence-electron chi connectivity index (χ3n) is 3.80. The van der Waals surface area contributed by atoms with Crippen molar-refractivity contribution in [3.8, 4) is 0 Å². The Bertz CT molecular complexity index is 553. The smallest absolute Gasteiger partial charge is 0.299 e. The van der Waals surface area contributed by atoms with Gasteiger partial charge in [0.1, 0.15) is 0 Å². The highest BCUT2D eigenvalue weighted by Gasteiger charge is 2.38. The Morgan fingerprint density at radius 2 is 1.85 bits per heavy atom. The minimum atomic E-state index is -0.492. The number of aryl methyl sites for hydroxylation is 1. The van der Waals surface area contributed by atoms with Crippen molar-refractivity contribution >= 4 is 29.0 Å². The number of likely N-dealkylation sites (N-methyl/N-ethyl adjacent to an activating group) is 1. The van der Waals surface area contributed by atoms with Crippen LogP contribution in [-0.4, -0.2) is 42.8 Å². The number of hydrogen-bond donors (Lipinski definition) is 0. The molecule has 0 fully saturated rings. The van der Waals surface area contributed by atoms with Crippen LogP contribution in [0.1, 0.15) is 29.8 Å². The van der Waals surface area contributed by atoms with Crippen LogP contribution < -0.4 is 4.90 Å². The number of halogens is 1. The molecule has 2 rings (SSSR count). The Hall–Kier alpha value is -1.39. The highest BCUT2D eigenvalue weighted by molar-refractivity contribution is 6.55. The van der Waals surface area contributed by atoms with Crippen LogP contribution in [-0.2, 0) is 4.79 Å². The first-order valence-corrected chi connectivity index (χ1v) is 7.26. The van der Waals surface area contributed by atoms with Gasteiger partial charge in [-0.05, 0) is 31.6 Å². The monoisotopic (exact) mass is 294 g/mol. The molecule has 1 aromatic carbocycles. The average molecular weight is 295 g/mol. The van der Waals surface area contributed by atoms with Crippen LogP contribution in [0.2, 0.25) is 5.02 Å².